The third-order valence-corrected chi connectivity index (χ3v) is 4.02. The molecule has 1 aromatic carbocycles. The third-order valence-electron chi connectivity index (χ3n) is 2.92. The highest BCUT2D eigenvalue weighted by atomic mass is 32.2. The molecule has 102 valence electrons. The van der Waals surface area contributed by atoms with Gasteiger partial charge in [-0.3, -0.25) is 0 Å². The first kappa shape index (κ1) is 15.5. The van der Waals surface area contributed by atoms with Crippen molar-refractivity contribution >= 4 is 11.8 Å². The molecule has 1 atom stereocenters. The van der Waals surface area contributed by atoms with Crippen LogP contribution < -0.4 is 5.32 Å². The van der Waals surface area contributed by atoms with Crippen LogP contribution in [-0.2, 0) is 0 Å². The van der Waals surface area contributed by atoms with Gasteiger partial charge < -0.3 is 5.32 Å². The largest absolute Gasteiger partial charge is 0.313 e. The summed E-state index contributed by atoms with van der Waals surface area (Å²) in [5.41, 5.74) is 0.238. The summed E-state index contributed by atoms with van der Waals surface area (Å²) in [6.07, 6.45) is 1.15. The van der Waals surface area contributed by atoms with Crippen LogP contribution in [0, 0.1) is 11.2 Å². The zero-order valence-electron chi connectivity index (χ0n) is 11.8. The number of hydrogen-bond donors (Lipinski definition) is 1. The van der Waals surface area contributed by atoms with E-state index < -0.39 is 0 Å². The average Bonchev–Trinajstić information content (AvgIpc) is 2.30. The predicted molar refractivity (Wildman–Crippen MR) is 78.7 cm³/mol. The van der Waals surface area contributed by atoms with E-state index in [-0.39, 0.29) is 11.2 Å². The predicted octanol–water partition coefficient (Wildman–Crippen LogP) is 4.33. The van der Waals surface area contributed by atoms with Gasteiger partial charge in [0, 0.05) is 16.7 Å². The first-order valence-corrected chi connectivity index (χ1v) is 7.54. The van der Waals surface area contributed by atoms with Crippen LogP contribution in [0.5, 0.6) is 0 Å². The van der Waals surface area contributed by atoms with Gasteiger partial charge in [0.15, 0.2) is 0 Å². The molecule has 3 heteroatoms. The van der Waals surface area contributed by atoms with Crippen molar-refractivity contribution < 1.29 is 4.39 Å². The lowest BCUT2D eigenvalue weighted by atomic mass is 9.88. The quantitative estimate of drug-likeness (QED) is 0.771. The zero-order chi connectivity index (χ0) is 13.6. The summed E-state index contributed by atoms with van der Waals surface area (Å²) >= 11 is 1.79. The van der Waals surface area contributed by atoms with Crippen LogP contribution in [0.25, 0.3) is 0 Å². The molecule has 18 heavy (non-hydrogen) atoms. The lowest BCUT2D eigenvalue weighted by Crippen LogP contribution is -2.42. The van der Waals surface area contributed by atoms with Crippen molar-refractivity contribution in [3.63, 3.8) is 0 Å². The molecular formula is C15H24FNS. The number of thioether (sulfide) groups is 1. The van der Waals surface area contributed by atoms with Crippen molar-refractivity contribution in [3.8, 4) is 0 Å². The molecule has 0 heterocycles. The van der Waals surface area contributed by atoms with Crippen LogP contribution in [0.3, 0.4) is 0 Å². The first-order valence-electron chi connectivity index (χ1n) is 6.55. The van der Waals surface area contributed by atoms with Gasteiger partial charge in [0.2, 0.25) is 0 Å². The zero-order valence-corrected chi connectivity index (χ0v) is 12.6. The van der Waals surface area contributed by atoms with E-state index in [2.05, 4.69) is 33.0 Å². The maximum atomic E-state index is 12.8. The molecule has 0 aliphatic carbocycles. The Morgan fingerprint density at radius 1 is 1.22 bits per heavy atom. The lowest BCUT2D eigenvalue weighted by molar-refractivity contribution is 0.292. The number of rotatable bonds is 6. The van der Waals surface area contributed by atoms with Crippen LogP contribution in [0.4, 0.5) is 4.39 Å². The van der Waals surface area contributed by atoms with Crippen LogP contribution in [-0.4, -0.2) is 18.3 Å². The highest BCUT2D eigenvalue weighted by molar-refractivity contribution is 7.99. The van der Waals surface area contributed by atoms with Gasteiger partial charge in [-0.15, -0.1) is 11.8 Å². The SMILES string of the molecule is CCCNC(CSc1ccc(F)cc1)C(C)(C)C. The molecule has 1 unspecified atom stereocenters. The molecule has 0 saturated carbocycles. The van der Waals surface area contributed by atoms with Crippen LogP contribution in [0.1, 0.15) is 34.1 Å². The van der Waals surface area contributed by atoms with E-state index in [1.165, 1.54) is 12.1 Å². The third kappa shape index (κ3) is 5.40. The van der Waals surface area contributed by atoms with E-state index in [1.807, 2.05) is 12.1 Å². The summed E-state index contributed by atoms with van der Waals surface area (Å²) in [7, 11) is 0. The highest BCUT2D eigenvalue weighted by Gasteiger charge is 2.23. The lowest BCUT2D eigenvalue weighted by Gasteiger charge is -2.31. The minimum Gasteiger partial charge on any atom is -0.313 e. The molecule has 1 aromatic rings. The summed E-state index contributed by atoms with van der Waals surface area (Å²) in [5, 5.41) is 3.60. The van der Waals surface area contributed by atoms with Crippen LogP contribution >= 0.6 is 11.8 Å². The second-order valence-corrected chi connectivity index (χ2v) is 6.73. The Hall–Kier alpha value is -0.540. The summed E-state index contributed by atoms with van der Waals surface area (Å²) in [6.45, 7) is 9.99. The summed E-state index contributed by atoms with van der Waals surface area (Å²) < 4.78 is 12.8. The van der Waals surface area contributed by atoms with Crippen LogP contribution in [0.15, 0.2) is 29.2 Å². The Morgan fingerprint density at radius 3 is 2.33 bits per heavy atom. The van der Waals surface area contributed by atoms with E-state index in [0.717, 1.165) is 23.6 Å². The van der Waals surface area contributed by atoms with Gasteiger partial charge in [-0.25, -0.2) is 4.39 Å². The van der Waals surface area contributed by atoms with E-state index in [1.54, 1.807) is 11.8 Å². The van der Waals surface area contributed by atoms with Gasteiger partial charge in [-0.2, -0.15) is 0 Å². The Morgan fingerprint density at radius 2 is 1.83 bits per heavy atom. The normalized spacial score (nSPS) is 13.6. The average molecular weight is 269 g/mol. The van der Waals surface area contributed by atoms with Crippen molar-refractivity contribution in [2.75, 3.05) is 12.3 Å². The van der Waals surface area contributed by atoms with Gasteiger partial charge in [-0.05, 0) is 42.6 Å². The number of hydrogen-bond acceptors (Lipinski definition) is 2. The highest BCUT2D eigenvalue weighted by Crippen LogP contribution is 2.26. The second kappa shape index (κ2) is 7.15. The molecule has 0 aromatic heterocycles. The minimum absolute atomic E-state index is 0.171. The fourth-order valence-corrected chi connectivity index (χ4v) is 2.95. The molecule has 0 bridgehead atoms. The fourth-order valence-electron chi connectivity index (χ4n) is 1.64. The van der Waals surface area contributed by atoms with Crippen molar-refractivity contribution in [2.45, 2.75) is 45.1 Å². The summed E-state index contributed by atoms with van der Waals surface area (Å²) in [6, 6.07) is 7.20. The first-order chi connectivity index (χ1) is 8.43. The Balaban J connectivity index is 2.53. The van der Waals surface area contributed by atoms with Gasteiger partial charge in [0.05, 0.1) is 0 Å². The number of nitrogens with one attached hydrogen (secondary N) is 1. The maximum Gasteiger partial charge on any atom is 0.123 e. The van der Waals surface area contributed by atoms with Crippen molar-refractivity contribution in [3.05, 3.63) is 30.1 Å². The smallest absolute Gasteiger partial charge is 0.123 e. The summed E-state index contributed by atoms with van der Waals surface area (Å²) in [5.74, 6) is 0.839. The second-order valence-electron chi connectivity index (χ2n) is 5.64. The molecule has 0 aliphatic rings. The molecule has 0 radical (unpaired) electrons. The van der Waals surface area contributed by atoms with Gasteiger partial charge in [0.1, 0.15) is 5.82 Å². The van der Waals surface area contributed by atoms with Crippen molar-refractivity contribution in [1.29, 1.82) is 0 Å². The fraction of sp³-hybridized carbons (Fsp3) is 0.600. The number of benzene rings is 1. The maximum absolute atomic E-state index is 12.8. The molecule has 1 N–H and O–H groups in total. The van der Waals surface area contributed by atoms with Gasteiger partial charge >= 0.3 is 0 Å². The molecule has 1 rings (SSSR count). The monoisotopic (exact) mass is 269 g/mol. The van der Waals surface area contributed by atoms with Crippen molar-refractivity contribution in [2.24, 2.45) is 5.41 Å². The molecule has 0 fully saturated rings. The van der Waals surface area contributed by atoms with Crippen molar-refractivity contribution in [1.82, 2.24) is 5.32 Å². The molecule has 0 amide bonds. The molecule has 1 nitrogen and oxygen atoms in total. The van der Waals surface area contributed by atoms with Gasteiger partial charge in [-0.1, -0.05) is 27.7 Å². The van der Waals surface area contributed by atoms with E-state index in [9.17, 15) is 4.39 Å². The summed E-state index contributed by atoms with van der Waals surface area (Å²) in [4.78, 5) is 1.13. The number of halogens is 1. The van der Waals surface area contributed by atoms with E-state index in [4.69, 9.17) is 0 Å². The Labute approximate surface area is 115 Å². The Bertz CT molecular complexity index is 343. The molecular weight excluding hydrogens is 245 g/mol. The molecule has 0 spiro atoms. The molecule has 0 aliphatic heterocycles. The Kier molecular flexibility index (Phi) is 6.16. The van der Waals surface area contributed by atoms with Gasteiger partial charge in [0.25, 0.3) is 0 Å². The van der Waals surface area contributed by atoms with Crippen LogP contribution in [0.2, 0.25) is 0 Å². The topological polar surface area (TPSA) is 12.0 Å². The van der Waals surface area contributed by atoms with E-state index >= 15 is 0 Å². The molecule has 0 saturated heterocycles. The minimum atomic E-state index is -0.171. The van der Waals surface area contributed by atoms with E-state index in [0.29, 0.717) is 6.04 Å². The standard InChI is InChI=1S/C15H24FNS/c1-5-10-17-14(15(2,3)4)11-18-13-8-6-12(16)7-9-13/h6-9,14,17H,5,10-11H2,1-4H3.